The molecule has 0 aliphatic carbocycles. The normalized spacial score (nSPS) is 19.1. The second kappa shape index (κ2) is 7.17. The number of nitrogen functional groups attached to an aromatic ring is 1. The monoisotopic (exact) mass is 328 g/mol. The van der Waals surface area contributed by atoms with Gasteiger partial charge in [-0.2, -0.15) is 0 Å². The van der Waals surface area contributed by atoms with Crippen LogP contribution in [0.25, 0.3) is 0 Å². The predicted octanol–water partition coefficient (Wildman–Crippen LogP) is 1.63. The smallest absolute Gasteiger partial charge is 0.339 e. The standard InChI is InChI=1S/C15H21ClN2O4/c1-22-14-10(4-6-18-5-2-3-9(19)8-18)13(17)12(16)7-11(14)15(20)21/h7,9,19H,2-6,8,17H2,1H3,(H,20,21)/t9-/m0/s1. The van der Waals surface area contributed by atoms with Gasteiger partial charge in [0.25, 0.3) is 0 Å². The van der Waals surface area contributed by atoms with Crippen LogP contribution in [-0.2, 0) is 6.42 Å². The molecule has 0 bridgehead atoms. The van der Waals surface area contributed by atoms with Gasteiger partial charge in [-0.3, -0.25) is 0 Å². The molecule has 0 amide bonds. The molecule has 0 saturated carbocycles. The molecule has 0 aromatic heterocycles. The third-order valence-corrected chi connectivity index (χ3v) is 4.28. The Morgan fingerprint density at radius 3 is 2.91 bits per heavy atom. The number of ether oxygens (including phenoxy) is 1. The quantitative estimate of drug-likeness (QED) is 0.711. The van der Waals surface area contributed by atoms with E-state index in [-0.39, 0.29) is 22.4 Å². The van der Waals surface area contributed by atoms with Crippen molar-refractivity contribution in [2.24, 2.45) is 0 Å². The minimum Gasteiger partial charge on any atom is -0.495 e. The first-order valence-electron chi connectivity index (χ1n) is 7.22. The van der Waals surface area contributed by atoms with Crippen molar-refractivity contribution in [1.82, 2.24) is 4.90 Å². The van der Waals surface area contributed by atoms with E-state index in [0.29, 0.717) is 30.8 Å². The summed E-state index contributed by atoms with van der Waals surface area (Å²) in [4.78, 5) is 13.5. The number of piperidine rings is 1. The van der Waals surface area contributed by atoms with E-state index in [0.717, 1.165) is 19.4 Å². The maximum absolute atomic E-state index is 11.3. The number of carboxylic acids is 1. The highest BCUT2D eigenvalue weighted by Crippen LogP contribution is 2.35. The van der Waals surface area contributed by atoms with Gasteiger partial charge >= 0.3 is 5.97 Å². The number of hydrogen-bond donors (Lipinski definition) is 3. The van der Waals surface area contributed by atoms with Gasteiger partial charge in [-0.15, -0.1) is 0 Å². The molecule has 1 atom stereocenters. The van der Waals surface area contributed by atoms with Crippen LogP contribution in [0.15, 0.2) is 6.07 Å². The first kappa shape index (κ1) is 16.9. The van der Waals surface area contributed by atoms with Gasteiger partial charge in [-0.25, -0.2) is 4.79 Å². The van der Waals surface area contributed by atoms with Crippen LogP contribution in [0.1, 0.15) is 28.8 Å². The molecule has 122 valence electrons. The van der Waals surface area contributed by atoms with Gasteiger partial charge in [0.2, 0.25) is 0 Å². The first-order valence-corrected chi connectivity index (χ1v) is 7.60. The Kier molecular flexibility index (Phi) is 5.50. The van der Waals surface area contributed by atoms with Crippen LogP contribution in [0, 0.1) is 0 Å². The van der Waals surface area contributed by atoms with E-state index in [1.165, 1.54) is 13.2 Å². The molecule has 0 unspecified atom stereocenters. The number of rotatable bonds is 5. The lowest BCUT2D eigenvalue weighted by molar-refractivity contribution is 0.0693. The molecule has 1 heterocycles. The summed E-state index contributed by atoms with van der Waals surface area (Å²) in [6.07, 6.45) is 1.98. The SMILES string of the molecule is COc1c(C(=O)O)cc(Cl)c(N)c1CCN1CCC[C@H](O)C1. The maximum Gasteiger partial charge on any atom is 0.339 e. The summed E-state index contributed by atoms with van der Waals surface area (Å²) >= 11 is 6.04. The van der Waals surface area contributed by atoms with Crippen molar-refractivity contribution < 1.29 is 19.7 Å². The highest BCUT2D eigenvalue weighted by molar-refractivity contribution is 6.33. The molecule has 0 spiro atoms. The minimum atomic E-state index is -1.10. The van der Waals surface area contributed by atoms with Crippen LogP contribution in [0.2, 0.25) is 5.02 Å². The van der Waals surface area contributed by atoms with E-state index < -0.39 is 5.97 Å². The van der Waals surface area contributed by atoms with Gasteiger partial charge in [0, 0.05) is 18.7 Å². The molecule has 1 aromatic carbocycles. The summed E-state index contributed by atoms with van der Waals surface area (Å²) in [5, 5.41) is 19.2. The van der Waals surface area contributed by atoms with E-state index in [1.54, 1.807) is 0 Å². The van der Waals surface area contributed by atoms with Crippen molar-refractivity contribution >= 4 is 23.3 Å². The lowest BCUT2D eigenvalue weighted by Crippen LogP contribution is -2.39. The largest absolute Gasteiger partial charge is 0.495 e. The number of nitrogens with two attached hydrogens (primary N) is 1. The summed E-state index contributed by atoms with van der Waals surface area (Å²) in [7, 11) is 1.42. The lowest BCUT2D eigenvalue weighted by atomic mass is 10.0. The Hall–Kier alpha value is -1.50. The number of carbonyl (C=O) groups is 1. The van der Waals surface area contributed by atoms with E-state index in [1.807, 2.05) is 0 Å². The summed E-state index contributed by atoms with van der Waals surface area (Å²) in [6.45, 7) is 2.19. The number of likely N-dealkylation sites (tertiary alicyclic amines) is 1. The number of hydrogen-bond acceptors (Lipinski definition) is 5. The minimum absolute atomic E-state index is 0.00961. The molecular weight excluding hydrogens is 308 g/mol. The van der Waals surface area contributed by atoms with Crippen molar-refractivity contribution in [3.63, 3.8) is 0 Å². The van der Waals surface area contributed by atoms with Gasteiger partial charge in [-0.05, 0) is 31.9 Å². The number of halogens is 1. The van der Waals surface area contributed by atoms with Crippen LogP contribution in [-0.4, -0.2) is 53.9 Å². The molecule has 2 rings (SSSR count). The molecular formula is C15H21ClN2O4. The number of anilines is 1. The zero-order valence-electron chi connectivity index (χ0n) is 12.5. The van der Waals surface area contributed by atoms with Gasteiger partial charge < -0.3 is 25.6 Å². The topological polar surface area (TPSA) is 96.0 Å². The number of aromatic carboxylic acids is 1. The fourth-order valence-corrected chi connectivity index (χ4v) is 3.07. The van der Waals surface area contributed by atoms with E-state index >= 15 is 0 Å². The Balaban J connectivity index is 2.23. The third-order valence-electron chi connectivity index (χ3n) is 3.97. The number of aliphatic hydroxyl groups is 1. The van der Waals surface area contributed by atoms with Gasteiger partial charge in [0.05, 0.1) is 23.9 Å². The lowest BCUT2D eigenvalue weighted by Gasteiger charge is -2.30. The van der Waals surface area contributed by atoms with Crippen LogP contribution >= 0.6 is 11.6 Å². The van der Waals surface area contributed by atoms with Crippen molar-refractivity contribution in [3.8, 4) is 5.75 Å². The first-order chi connectivity index (χ1) is 10.4. The van der Waals surface area contributed by atoms with Gasteiger partial charge in [0.1, 0.15) is 11.3 Å². The zero-order chi connectivity index (χ0) is 16.3. The molecule has 1 aliphatic heterocycles. The summed E-state index contributed by atoms with van der Waals surface area (Å²) < 4.78 is 5.25. The zero-order valence-corrected chi connectivity index (χ0v) is 13.3. The molecule has 1 aliphatic rings. The van der Waals surface area contributed by atoms with Crippen molar-refractivity contribution in [2.75, 3.05) is 32.5 Å². The van der Waals surface area contributed by atoms with Crippen LogP contribution < -0.4 is 10.5 Å². The van der Waals surface area contributed by atoms with Crippen LogP contribution in [0.4, 0.5) is 5.69 Å². The molecule has 7 heteroatoms. The fourth-order valence-electron chi connectivity index (χ4n) is 2.84. The van der Waals surface area contributed by atoms with E-state index in [9.17, 15) is 15.0 Å². The summed E-state index contributed by atoms with van der Waals surface area (Å²) in [5.41, 5.74) is 6.96. The molecule has 0 radical (unpaired) electrons. The van der Waals surface area contributed by atoms with E-state index in [4.69, 9.17) is 22.1 Å². The number of β-amino-alcohol motifs (C(OH)–C–C–N with tert-alkyl or cyclic N) is 1. The van der Waals surface area contributed by atoms with Crippen molar-refractivity contribution in [2.45, 2.75) is 25.4 Å². The molecule has 22 heavy (non-hydrogen) atoms. The van der Waals surface area contributed by atoms with Gasteiger partial charge in [-0.1, -0.05) is 11.6 Å². The number of aliphatic hydroxyl groups excluding tert-OH is 1. The number of methoxy groups -OCH3 is 1. The average molecular weight is 329 g/mol. The third kappa shape index (κ3) is 3.63. The molecule has 4 N–H and O–H groups in total. The number of nitrogens with zero attached hydrogens (tertiary/aromatic N) is 1. The number of benzene rings is 1. The highest BCUT2D eigenvalue weighted by atomic mass is 35.5. The molecule has 1 saturated heterocycles. The Morgan fingerprint density at radius 2 is 2.32 bits per heavy atom. The maximum atomic E-state index is 11.3. The highest BCUT2D eigenvalue weighted by Gasteiger charge is 2.22. The van der Waals surface area contributed by atoms with Gasteiger partial charge in [0.15, 0.2) is 0 Å². The fraction of sp³-hybridized carbons (Fsp3) is 0.533. The van der Waals surface area contributed by atoms with Crippen molar-refractivity contribution in [3.05, 3.63) is 22.2 Å². The Labute approximate surface area is 134 Å². The molecule has 6 nitrogen and oxygen atoms in total. The Morgan fingerprint density at radius 1 is 1.59 bits per heavy atom. The summed E-state index contributed by atoms with van der Waals surface area (Å²) in [5.74, 6) is -0.847. The summed E-state index contributed by atoms with van der Waals surface area (Å²) in [6, 6.07) is 1.31. The number of carboxylic acid groups (broad SMARTS) is 1. The second-order valence-corrected chi connectivity index (χ2v) is 5.89. The molecule has 1 fully saturated rings. The van der Waals surface area contributed by atoms with Crippen LogP contribution in [0.5, 0.6) is 5.75 Å². The Bertz CT molecular complexity index is 565. The van der Waals surface area contributed by atoms with E-state index in [2.05, 4.69) is 4.90 Å². The second-order valence-electron chi connectivity index (χ2n) is 5.48. The van der Waals surface area contributed by atoms with Crippen molar-refractivity contribution in [1.29, 1.82) is 0 Å². The van der Waals surface area contributed by atoms with Crippen LogP contribution in [0.3, 0.4) is 0 Å². The predicted molar refractivity (Wildman–Crippen MR) is 84.8 cm³/mol. The molecule has 1 aromatic rings. The average Bonchev–Trinajstić information content (AvgIpc) is 2.48.